The fraction of sp³-hybridized carbons (Fsp3) is 0.600. The molecule has 208 valence electrons. The summed E-state index contributed by atoms with van der Waals surface area (Å²) in [6, 6.07) is 0.704. The lowest BCUT2D eigenvalue weighted by molar-refractivity contribution is -0.0495. The van der Waals surface area contributed by atoms with E-state index in [-0.39, 0.29) is 68.9 Å². The Kier molecular flexibility index (Phi) is 6.22. The maximum absolute atomic E-state index is 14.5. The highest BCUT2D eigenvalue weighted by Crippen LogP contribution is 2.42. The number of amides is 3. The second-order valence-corrected chi connectivity index (χ2v) is 11.2. The van der Waals surface area contributed by atoms with Gasteiger partial charge < -0.3 is 15.5 Å². The van der Waals surface area contributed by atoms with Crippen LogP contribution in [0, 0.1) is 5.92 Å². The summed E-state index contributed by atoms with van der Waals surface area (Å²) in [6.45, 7) is 1.47. The van der Waals surface area contributed by atoms with Gasteiger partial charge in [-0.3, -0.25) is 4.79 Å². The van der Waals surface area contributed by atoms with Crippen molar-refractivity contribution in [2.24, 2.45) is 5.92 Å². The molecule has 0 spiro atoms. The van der Waals surface area contributed by atoms with Gasteiger partial charge in [0.25, 0.3) is 5.91 Å². The number of carbonyl (C=O) groups is 2. The molecule has 3 amide bonds. The zero-order valence-corrected chi connectivity index (χ0v) is 21.4. The fourth-order valence-corrected chi connectivity index (χ4v) is 5.43. The molecule has 3 aliphatic rings. The maximum Gasteiger partial charge on any atom is 0.317 e. The summed E-state index contributed by atoms with van der Waals surface area (Å²) < 4.78 is 48.7. The smallest absolute Gasteiger partial charge is 0.317 e. The Bertz CT molecular complexity index is 1390. The van der Waals surface area contributed by atoms with E-state index >= 15 is 0 Å². The Morgan fingerprint density at radius 1 is 1.23 bits per heavy atom. The van der Waals surface area contributed by atoms with Crippen molar-refractivity contribution >= 4 is 17.6 Å². The molecule has 2 aliphatic carbocycles. The second-order valence-electron chi connectivity index (χ2n) is 11.2. The first-order chi connectivity index (χ1) is 18.6. The van der Waals surface area contributed by atoms with E-state index in [1.165, 1.54) is 16.3 Å². The number of carbonyl (C=O) groups excluding carboxylic acids is 2. The molecule has 4 heterocycles. The average molecular weight is 547 g/mol. The third-order valence-electron chi connectivity index (χ3n) is 7.72. The summed E-state index contributed by atoms with van der Waals surface area (Å²) in [5.74, 6) is -3.36. The summed E-state index contributed by atoms with van der Waals surface area (Å²) in [5.41, 5.74) is 0.631. The third-order valence-corrected chi connectivity index (χ3v) is 7.72. The second kappa shape index (κ2) is 9.49. The molecule has 3 fully saturated rings. The van der Waals surface area contributed by atoms with Crippen molar-refractivity contribution in [3.63, 3.8) is 0 Å². The molecular formula is C25H29F3N8O3. The molecule has 2 N–H and O–H groups in total. The van der Waals surface area contributed by atoms with Crippen LogP contribution in [-0.2, 0) is 6.54 Å². The number of aromatic nitrogens is 5. The van der Waals surface area contributed by atoms with E-state index < -0.39 is 23.5 Å². The topological polar surface area (TPSA) is 131 Å². The van der Waals surface area contributed by atoms with E-state index in [9.17, 15) is 22.8 Å². The van der Waals surface area contributed by atoms with Crippen LogP contribution in [0.4, 0.5) is 18.0 Å². The van der Waals surface area contributed by atoms with Crippen LogP contribution in [-0.4, -0.2) is 66.4 Å². The number of alkyl halides is 3. The van der Waals surface area contributed by atoms with Gasteiger partial charge in [-0.05, 0) is 55.3 Å². The Morgan fingerprint density at radius 2 is 2.00 bits per heavy atom. The Balaban J connectivity index is 1.26. The first-order valence-corrected chi connectivity index (χ1v) is 13.1. The van der Waals surface area contributed by atoms with Crippen molar-refractivity contribution in [3.8, 4) is 0 Å². The highest BCUT2D eigenvalue weighted by Gasteiger charge is 2.41. The van der Waals surface area contributed by atoms with Gasteiger partial charge in [-0.15, -0.1) is 0 Å². The first-order valence-electron chi connectivity index (χ1n) is 13.1. The number of fused-ring (bicyclic) bond motifs is 1. The molecule has 11 nitrogen and oxygen atoms in total. The number of nitrogens with zero attached hydrogens (tertiary/aromatic N) is 6. The van der Waals surface area contributed by atoms with Crippen LogP contribution in [0.15, 0.2) is 23.1 Å². The van der Waals surface area contributed by atoms with Crippen LogP contribution in [0.1, 0.15) is 84.8 Å². The molecule has 2 saturated carbocycles. The van der Waals surface area contributed by atoms with Gasteiger partial charge in [0.2, 0.25) is 5.92 Å². The lowest BCUT2D eigenvalue weighted by atomic mass is 9.81. The van der Waals surface area contributed by atoms with Crippen LogP contribution < -0.4 is 10.6 Å². The lowest BCUT2D eigenvalue weighted by Gasteiger charge is -2.35. The number of hydrogen-bond acceptors (Lipinski definition) is 7. The van der Waals surface area contributed by atoms with Gasteiger partial charge in [0.05, 0.1) is 37.2 Å². The summed E-state index contributed by atoms with van der Waals surface area (Å²) >= 11 is 0. The molecule has 0 aromatic carbocycles. The molecule has 0 radical (unpaired) electrons. The molecule has 3 aromatic heterocycles. The van der Waals surface area contributed by atoms with Crippen molar-refractivity contribution in [1.82, 2.24) is 40.4 Å². The molecule has 14 heteroatoms. The van der Waals surface area contributed by atoms with E-state index in [0.717, 1.165) is 12.8 Å². The molecule has 2 atom stereocenters. The van der Waals surface area contributed by atoms with E-state index in [1.807, 2.05) is 0 Å². The fourth-order valence-electron chi connectivity index (χ4n) is 5.43. The van der Waals surface area contributed by atoms with Gasteiger partial charge in [0.1, 0.15) is 11.4 Å². The van der Waals surface area contributed by atoms with Crippen LogP contribution in [0.3, 0.4) is 0 Å². The Labute approximate surface area is 221 Å². The van der Waals surface area contributed by atoms with Crippen LogP contribution in [0.5, 0.6) is 0 Å². The number of rotatable bonds is 7. The van der Waals surface area contributed by atoms with Gasteiger partial charge in [-0.1, -0.05) is 5.16 Å². The minimum absolute atomic E-state index is 0.0456. The third kappa shape index (κ3) is 5.41. The van der Waals surface area contributed by atoms with Crippen molar-refractivity contribution in [1.29, 1.82) is 0 Å². The SMILES string of the molecule is C[C@@]1(F)CNC(=O)N(Cc2cnn3cc([C@@H](NC(=O)c4nonc4C4CC4)C4CCC(F)(F)CC4)nc3c2)C1. The van der Waals surface area contributed by atoms with E-state index in [1.54, 1.807) is 18.5 Å². The molecule has 39 heavy (non-hydrogen) atoms. The average Bonchev–Trinajstić information content (AvgIpc) is 3.45. The van der Waals surface area contributed by atoms with Gasteiger partial charge >= 0.3 is 6.03 Å². The van der Waals surface area contributed by atoms with Crippen molar-refractivity contribution in [2.75, 3.05) is 13.1 Å². The predicted molar refractivity (Wildman–Crippen MR) is 130 cm³/mol. The van der Waals surface area contributed by atoms with Crippen LogP contribution in [0.2, 0.25) is 0 Å². The van der Waals surface area contributed by atoms with E-state index in [2.05, 4.69) is 31.0 Å². The zero-order valence-electron chi connectivity index (χ0n) is 21.4. The van der Waals surface area contributed by atoms with Gasteiger partial charge in [0, 0.05) is 25.3 Å². The highest BCUT2D eigenvalue weighted by atomic mass is 19.3. The Hall–Kier alpha value is -3.71. The predicted octanol–water partition coefficient (Wildman–Crippen LogP) is 3.54. The first kappa shape index (κ1) is 25.6. The van der Waals surface area contributed by atoms with Crippen LogP contribution in [0.25, 0.3) is 5.65 Å². The summed E-state index contributed by atoms with van der Waals surface area (Å²) in [7, 11) is 0. The lowest BCUT2D eigenvalue weighted by Crippen LogP contribution is -2.57. The van der Waals surface area contributed by atoms with E-state index in [4.69, 9.17) is 4.63 Å². The normalized spacial score (nSPS) is 24.5. The van der Waals surface area contributed by atoms with Crippen molar-refractivity contribution in [2.45, 2.75) is 75.5 Å². The number of imidazole rings is 1. The minimum atomic E-state index is -2.73. The summed E-state index contributed by atoms with van der Waals surface area (Å²) in [4.78, 5) is 31.5. The molecule has 1 aliphatic heterocycles. The van der Waals surface area contributed by atoms with Gasteiger partial charge in [-0.2, -0.15) is 5.10 Å². The maximum atomic E-state index is 14.5. The standard InChI is InChI=1S/C25H29F3N8O3/c1-24(26)12-29-23(38)35(13-24)10-14-8-18-31-17(11-36(18)30-9-14)19(16-4-6-25(27,28)7-5-16)32-22(37)21-20(15-2-3-15)33-39-34-21/h8-9,11,15-16,19H,2-7,10,12-13H2,1H3,(H,29,38)(H,32,37)/t19-,24+/m0/s1. The zero-order chi connectivity index (χ0) is 27.4. The summed E-state index contributed by atoms with van der Waals surface area (Å²) in [5, 5.41) is 17.6. The van der Waals surface area contributed by atoms with Gasteiger partial charge in [0.15, 0.2) is 11.3 Å². The van der Waals surface area contributed by atoms with E-state index in [0.29, 0.717) is 22.6 Å². The number of halogens is 3. The largest absolute Gasteiger partial charge is 0.342 e. The van der Waals surface area contributed by atoms with Crippen molar-refractivity contribution in [3.05, 3.63) is 41.1 Å². The molecule has 0 unspecified atom stereocenters. The van der Waals surface area contributed by atoms with Crippen molar-refractivity contribution < 1.29 is 27.4 Å². The minimum Gasteiger partial charge on any atom is -0.342 e. The molecule has 1 saturated heterocycles. The molecule has 6 rings (SSSR count). The van der Waals surface area contributed by atoms with Crippen LogP contribution >= 0.6 is 0 Å². The highest BCUT2D eigenvalue weighted by molar-refractivity contribution is 5.93. The number of urea groups is 1. The summed E-state index contributed by atoms with van der Waals surface area (Å²) in [6.07, 6.45) is 4.90. The number of nitrogens with one attached hydrogen (secondary N) is 2. The molecule has 3 aromatic rings. The Morgan fingerprint density at radius 3 is 2.74 bits per heavy atom. The van der Waals surface area contributed by atoms with Gasteiger partial charge in [-0.25, -0.2) is 32.1 Å². The molecular weight excluding hydrogens is 517 g/mol. The quantitative estimate of drug-likeness (QED) is 0.464. The monoisotopic (exact) mass is 546 g/mol. The molecule has 0 bridgehead atoms. The number of hydrogen-bond donors (Lipinski definition) is 2.